The van der Waals surface area contributed by atoms with Gasteiger partial charge in [0.05, 0.1) is 0 Å². The van der Waals surface area contributed by atoms with Crippen molar-refractivity contribution in [1.29, 1.82) is 0 Å². The number of aliphatic carboxylic acids is 1. The van der Waals surface area contributed by atoms with Crippen LogP contribution >= 0.6 is 0 Å². The predicted molar refractivity (Wildman–Crippen MR) is 135 cm³/mol. The topological polar surface area (TPSA) is 105 Å². The molecule has 2 amide bonds. The summed E-state index contributed by atoms with van der Waals surface area (Å²) in [6.45, 7) is 6.53. The number of carboxylic acid groups (broad SMARTS) is 1. The lowest BCUT2D eigenvalue weighted by atomic mass is 9.84. The number of carbonyl (C=O) groups excluding carboxylic acids is 2. The quantitative estimate of drug-likeness (QED) is 0.392. The van der Waals surface area contributed by atoms with Crippen molar-refractivity contribution in [1.82, 2.24) is 10.6 Å². The van der Waals surface area contributed by atoms with Gasteiger partial charge >= 0.3 is 12.1 Å². The molecule has 1 aliphatic carbocycles. The smallest absolute Gasteiger partial charge is 0.407 e. The number of amides is 2. The molecular weight excluding hydrogens is 444 g/mol. The molecule has 7 heteroatoms. The molecular formula is C28H36N2O5. The van der Waals surface area contributed by atoms with E-state index in [1.165, 1.54) is 0 Å². The van der Waals surface area contributed by atoms with Gasteiger partial charge in [-0.25, -0.2) is 4.79 Å². The van der Waals surface area contributed by atoms with Gasteiger partial charge in [0, 0.05) is 18.9 Å². The Bertz CT molecular complexity index is 1000. The Morgan fingerprint density at radius 3 is 2.17 bits per heavy atom. The molecule has 7 nitrogen and oxygen atoms in total. The third kappa shape index (κ3) is 7.07. The molecule has 0 aliphatic heterocycles. The van der Waals surface area contributed by atoms with Crippen LogP contribution in [-0.2, 0) is 14.3 Å². The number of ether oxygens (including phenoxy) is 1. The molecule has 0 radical (unpaired) electrons. The van der Waals surface area contributed by atoms with E-state index in [9.17, 15) is 14.4 Å². The van der Waals surface area contributed by atoms with Crippen LogP contribution in [0, 0.1) is 5.41 Å². The maximum atomic E-state index is 12.7. The summed E-state index contributed by atoms with van der Waals surface area (Å²) in [6.07, 6.45) is 1.90. The molecule has 0 bridgehead atoms. The van der Waals surface area contributed by atoms with Crippen LogP contribution < -0.4 is 10.6 Å². The Balaban J connectivity index is 1.53. The summed E-state index contributed by atoms with van der Waals surface area (Å²) in [6, 6.07) is 15.6. The van der Waals surface area contributed by atoms with Crippen molar-refractivity contribution in [3.05, 3.63) is 59.7 Å². The highest BCUT2D eigenvalue weighted by Gasteiger charge is 2.30. The largest absolute Gasteiger partial charge is 0.481 e. The van der Waals surface area contributed by atoms with Gasteiger partial charge in [0.2, 0.25) is 5.91 Å². The highest BCUT2D eigenvalue weighted by molar-refractivity contribution is 5.85. The Morgan fingerprint density at radius 2 is 1.60 bits per heavy atom. The molecule has 188 valence electrons. The highest BCUT2D eigenvalue weighted by atomic mass is 16.5. The summed E-state index contributed by atoms with van der Waals surface area (Å²) in [5, 5.41) is 14.5. The number of hydrogen-bond acceptors (Lipinski definition) is 4. The SMILES string of the molecule is CCCC(NC(=O)OCC1c2ccccc2-c2ccccc21)C(=O)NCCC(C)(C)CCC(=O)O. The lowest BCUT2D eigenvalue weighted by molar-refractivity contribution is -0.137. The van der Waals surface area contributed by atoms with Crippen LogP contribution in [0.25, 0.3) is 11.1 Å². The van der Waals surface area contributed by atoms with E-state index in [0.717, 1.165) is 28.7 Å². The van der Waals surface area contributed by atoms with Gasteiger partial charge in [0.25, 0.3) is 0 Å². The van der Waals surface area contributed by atoms with Crippen molar-refractivity contribution in [2.24, 2.45) is 5.41 Å². The minimum atomic E-state index is -0.822. The summed E-state index contributed by atoms with van der Waals surface area (Å²) < 4.78 is 5.59. The first-order valence-corrected chi connectivity index (χ1v) is 12.3. The fourth-order valence-corrected chi connectivity index (χ4v) is 4.56. The summed E-state index contributed by atoms with van der Waals surface area (Å²) in [4.78, 5) is 36.2. The fraction of sp³-hybridized carbons (Fsp3) is 0.464. The number of nitrogens with one attached hydrogen (secondary N) is 2. The van der Waals surface area contributed by atoms with Gasteiger partial charge in [-0.2, -0.15) is 0 Å². The number of carbonyl (C=O) groups is 3. The molecule has 35 heavy (non-hydrogen) atoms. The van der Waals surface area contributed by atoms with Gasteiger partial charge in [0.1, 0.15) is 12.6 Å². The van der Waals surface area contributed by atoms with E-state index in [4.69, 9.17) is 9.84 Å². The van der Waals surface area contributed by atoms with Crippen molar-refractivity contribution in [3.8, 4) is 11.1 Å². The van der Waals surface area contributed by atoms with Crippen molar-refractivity contribution in [2.75, 3.05) is 13.2 Å². The lowest BCUT2D eigenvalue weighted by Crippen LogP contribution is -2.47. The van der Waals surface area contributed by atoms with Crippen molar-refractivity contribution >= 4 is 18.0 Å². The Morgan fingerprint density at radius 1 is 1.00 bits per heavy atom. The second kappa shape index (κ2) is 11.9. The molecule has 3 N–H and O–H groups in total. The van der Waals surface area contributed by atoms with Gasteiger partial charge in [-0.15, -0.1) is 0 Å². The minimum Gasteiger partial charge on any atom is -0.481 e. The van der Waals surface area contributed by atoms with Crippen LogP contribution in [0.1, 0.15) is 69.9 Å². The van der Waals surface area contributed by atoms with E-state index in [1.807, 2.05) is 45.0 Å². The zero-order valence-electron chi connectivity index (χ0n) is 20.8. The number of rotatable bonds is 12. The van der Waals surface area contributed by atoms with E-state index in [1.54, 1.807) is 0 Å². The first-order chi connectivity index (χ1) is 16.7. The van der Waals surface area contributed by atoms with Crippen LogP contribution in [0.3, 0.4) is 0 Å². The number of hydrogen-bond donors (Lipinski definition) is 3. The van der Waals surface area contributed by atoms with Crippen LogP contribution in [-0.4, -0.2) is 42.3 Å². The highest BCUT2D eigenvalue weighted by Crippen LogP contribution is 2.44. The minimum absolute atomic E-state index is 0.0420. The third-order valence-corrected chi connectivity index (χ3v) is 6.65. The van der Waals surface area contributed by atoms with E-state index in [2.05, 4.69) is 34.9 Å². The van der Waals surface area contributed by atoms with Gasteiger partial charge in [-0.05, 0) is 46.9 Å². The number of benzene rings is 2. The van der Waals surface area contributed by atoms with E-state index < -0.39 is 18.1 Å². The Kier molecular flexibility index (Phi) is 8.90. The van der Waals surface area contributed by atoms with Crippen molar-refractivity contribution < 1.29 is 24.2 Å². The van der Waals surface area contributed by atoms with Crippen LogP contribution in [0.4, 0.5) is 4.79 Å². The lowest BCUT2D eigenvalue weighted by Gasteiger charge is -2.25. The first kappa shape index (κ1) is 26.3. The maximum Gasteiger partial charge on any atom is 0.407 e. The standard InChI is InChI=1S/C28H36N2O5/c1-4-9-24(26(33)29-17-16-28(2,3)15-14-25(31)32)30-27(34)35-18-23-21-12-7-5-10-19(21)20-11-6-8-13-22(20)23/h5-8,10-13,23-24H,4,9,14-18H2,1-3H3,(H,29,33)(H,30,34)(H,31,32). The van der Waals surface area contributed by atoms with Crippen molar-refractivity contribution in [2.45, 2.75) is 64.8 Å². The molecule has 1 atom stereocenters. The Labute approximate surface area is 207 Å². The molecule has 0 spiro atoms. The molecule has 1 unspecified atom stereocenters. The second-order valence-electron chi connectivity index (χ2n) is 9.91. The zero-order chi connectivity index (χ0) is 25.4. The monoisotopic (exact) mass is 480 g/mol. The van der Waals surface area contributed by atoms with Gasteiger partial charge in [-0.1, -0.05) is 75.7 Å². The molecule has 1 aliphatic rings. The molecule has 0 saturated carbocycles. The van der Waals surface area contributed by atoms with Gasteiger partial charge < -0.3 is 20.5 Å². The summed E-state index contributed by atoms with van der Waals surface area (Å²) in [7, 11) is 0. The molecule has 2 aromatic carbocycles. The van der Waals surface area contributed by atoms with Crippen LogP contribution in [0.5, 0.6) is 0 Å². The molecule has 0 aromatic heterocycles. The Hall–Kier alpha value is -3.35. The molecule has 3 rings (SSSR count). The first-order valence-electron chi connectivity index (χ1n) is 12.3. The van der Waals surface area contributed by atoms with Crippen LogP contribution in [0.2, 0.25) is 0 Å². The van der Waals surface area contributed by atoms with Crippen molar-refractivity contribution in [3.63, 3.8) is 0 Å². The average Bonchev–Trinajstić information content (AvgIpc) is 3.15. The predicted octanol–water partition coefficient (Wildman–Crippen LogP) is 5.09. The van der Waals surface area contributed by atoms with E-state index in [-0.39, 0.29) is 30.3 Å². The summed E-state index contributed by atoms with van der Waals surface area (Å²) in [5.41, 5.74) is 4.38. The van der Waals surface area contributed by atoms with E-state index in [0.29, 0.717) is 25.8 Å². The fourth-order valence-electron chi connectivity index (χ4n) is 4.56. The normalized spacial score (nSPS) is 13.5. The van der Waals surface area contributed by atoms with Gasteiger partial charge in [0.15, 0.2) is 0 Å². The zero-order valence-corrected chi connectivity index (χ0v) is 20.8. The molecule has 2 aromatic rings. The van der Waals surface area contributed by atoms with Gasteiger partial charge in [-0.3, -0.25) is 9.59 Å². The summed E-state index contributed by atoms with van der Waals surface area (Å²) >= 11 is 0. The molecule has 0 heterocycles. The number of fused-ring (bicyclic) bond motifs is 3. The second-order valence-corrected chi connectivity index (χ2v) is 9.91. The van der Waals surface area contributed by atoms with Crippen LogP contribution in [0.15, 0.2) is 48.5 Å². The third-order valence-electron chi connectivity index (χ3n) is 6.65. The van der Waals surface area contributed by atoms with E-state index >= 15 is 0 Å². The maximum absolute atomic E-state index is 12.7. The average molecular weight is 481 g/mol. The molecule has 0 fully saturated rings. The number of alkyl carbamates (subject to hydrolysis) is 1. The molecule has 0 saturated heterocycles. The summed E-state index contributed by atoms with van der Waals surface area (Å²) in [5.74, 6) is -1.12. The number of carboxylic acids is 1.